The Balaban J connectivity index is 1.22. The van der Waals surface area contributed by atoms with Gasteiger partial charge in [0.15, 0.2) is 5.82 Å². The summed E-state index contributed by atoms with van der Waals surface area (Å²) in [5.41, 5.74) is 12.2. The number of anilines is 1. The number of pyridine rings is 2. The maximum absolute atomic E-state index is 13.5. The van der Waals surface area contributed by atoms with Gasteiger partial charge in [0.25, 0.3) is 0 Å². The molecule has 0 radical (unpaired) electrons. The second kappa shape index (κ2) is 9.89. The van der Waals surface area contributed by atoms with Crippen LogP contribution < -0.4 is 15.9 Å². The molecule has 1 aromatic carbocycles. The number of rotatable bonds is 5. The highest BCUT2D eigenvalue weighted by molar-refractivity contribution is 5.96. The first-order valence-corrected chi connectivity index (χ1v) is 13.3. The third-order valence-electron chi connectivity index (χ3n) is 7.48. The topological polar surface area (TPSA) is 112 Å². The van der Waals surface area contributed by atoms with Gasteiger partial charge in [0.05, 0.1) is 29.1 Å². The molecule has 4 aromatic heterocycles. The van der Waals surface area contributed by atoms with Crippen molar-refractivity contribution in [3.05, 3.63) is 82.8 Å². The van der Waals surface area contributed by atoms with Crippen molar-refractivity contribution in [3.8, 4) is 22.6 Å². The third kappa shape index (κ3) is 4.43. The molecule has 3 N–H and O–H groups in total. The predicted octanol–water partition coefficient (Wildman–Crippen LogP) is 4.48. The maximum atomic E-state index is 13.5. The lowest BCUT2D eigenvalue weighted by molar-refractivity contribution is -0.120. The minimum atomic E-state index is -0.300. The molecule has 196 valence electrons. The van der Waals surface area contributed by atoms with Gasteiger partial charge in [-0.2, -0.15) is 5.10 Å². The smallest absolute Gasteiger partial charge is 0.227 e. The number of nitrogens with one attached hydrogen (secondary N) is 3. The van der Waals surface area contributed by atoms with Crippen molar-refractivity contribution >= 4 is 40.0 Å². The number of carbonyl (C=O) groups is 1. The van der Waals surface area contributed by atoms with Crippen molar-refractivity contribution in [2.75, 3.05) is 5.32 Å². The van der Waals surface area contributed by atoms with Crippen LogP contribution in [0, 0.1) is 11.7 Å². The number of carbonyl (C=O) groups excluding carboxylic acids is 1. The van der Waals surface area contributed by atoms with Crippen LogP contribution in [0.15, 0.2) is 60.9 Å². The van der Waals surface area contributed by atoms with Gasteiger partial charge in [-0.05, 0) is 48.4 Å². The van der Waals surface area contributed by atoms with E-state index in [-0.39, 0.29) is 17.6 Å². The van der Waals surface area contributed by atoms with Crippen LogP contribution in [0.2, 0.25) is 0 Å². The highest BCUT2D eigenvalue weighted by Gasteiger charge is 2.21. The highest BCUT2D eigenvalue weighted by Crippen LogP contribution is 2.29. The molecule has 40 heavy (non-hydrogen) atoms. The summed E-state index contributed by atoms with van der Waals surface area (Å²) in [7, 11) is 0. The van der Waals surface area contributed by atoms with Crippen LogP contribution in [0.4, 0.5) is 10.1 Å². The van der Waals surface area contributed by atoms with E-state index in [0.29, 0.717) is 28.1 Å². The summed E-state index contributed by atoms with van der Waals surface area (Å²) in [6.07, 6.45) is 14.1. The maximum Gasteiger partial charge on any atom is 0.227 e. The first-order chi connectivity index (χ1) is 19.6. The number of benzene rings is 1. The Labute approximate surface area is 228 Å². The van der Waals surface area contributed by atoms with Crippen LogP contribution in [0.5, 0.6) is 0 Å². The second-order valence-electron chi connectivity index (χ2n) is 10.1. The van der Waals surface area contributed by atoms with Crippen LogP contribution >= 0.6 is 0 Å². The molecule has 0 spiro atoms. The molecule has 0 aliphatic heterocycles. The van der Waals surface area contributed by atoms with Gasteiger partial charge in [0.1, 0.15) is 16.9 Å². The lowest BCUT2D eigenvalue weighted by atomic mass is 9.88. The van der Waals surface area contributed by atoms with Gasteiger partial charge >= 0.3 is 0 Å². The molecular formula is C31H24FN7O. The summed E-state index contributed by atoms with van der Waals surface area (Å²) in [4.78, 5) is 29.6. The van der Waals surface area contributed by atoms with E-state index in [4.69, 9.17) is 4.98 Å². The summed E-state index contributed by atoms with van der Waals surface area (Å²) >= 11 is 0. The minimum absolute atomic E-state index is 0.0566. The second-order valence-corrected chi connectivity index (χ2v) is 10.1. The molecule has 7 rings (SSSR count). The number of allylic oxidation sites excluding steroid dienone is 1. The van der Waals surface area contributed by atoms with Crippen molar-refractivity contribution in [1.82, 2.24) is 30.1 Å². The largest absolute Gasteiger partial charge is 0.335 e. The van der Waals surface area contributed by atoms with Crippen molar-refractivity contribution in [2.24, 2.45) is 5.92 Å². The summed E-state index contributed by atoms with van der Waals surface area (Å²) in [5, 5.41) is 12.0. The number of nitrogens with zero attached hydrogens (tertiary/aromatic N) is 4. The van der Waals surface area contributed by atoms with E-state index in [1.807, 2.05) is 12.1 Å². The van der Waals surface area contributed by atoms with Crippen molar-refractivity contribution < 1.29 is 9.18 Å². The van der Waals surface area contributed by atoms with Gasteiger partial charge in [-0.15, -0.1) is 0 Å². The minimum Gasteiger partial charge on any atom is -0.335 e. The van der Waals surface area contributed by atoms with E-state index in [1.165, 1.54) is 18.6 Å². The molecule has 0 saturated heterocycles. The molecular weight excluding hydrogens is 505 g/mol. The van der Waals surface area contributed by atoms with Gasteiger partial charge in [-0.3, -0.25) is 19.9 Å². The highest BCUT2D eigenvalue weighted by atomic mass is 19.1. The van der Waals surface area contributed by atoms with Crippen molar-refractivity contribution in [1.29, 1.82) is 0 Å². The fourth-order valence-electron chi connectivity index (χ4n) is 5.38. The van der Waals surface area contributed by atoms with E-state index >= 15 is 0 Å². The van der Waals surface area contributed by atoms with E-state index in [1.54, 1.807) is 36.9 Å². The van der Waals surface area contributed by atoms with Crippen LogP contribution in [0.3, 0.4) is 0 Å². The first kappa shape index (κ1) is 24.0. The Morgan fingerprint density at radius 3 is 2.65 bits per heavy atom. The van der Waals surface area contributed by atoms with Gasteiger partial charge in [0.2, 0.25) is 5.91 Å². The van der Waals surface area contributed by atoms with Crippen LogP contribution in [-0.4, -0.2) is 36.0 Å². The summed E-state index contributed by atoms with van der Waals surface area (Å²) in [6, 6.07) is 8.16. The van der Waals surface area contributed by atoms with Crippen molar-refractivity contribution in [3.63, 3.8) is 0 Å². The fraction of sp³-hybridized carbons (Fsp3) is 0.194. The zero-order valence-electron chi connectivity index (χ0n) is 21.5. The fourth-order valence-corrected chi connectivity index (χ4v) is 5.38. The molecule has 4 heterocycles. The van der Waals surface area contributed by atoms with E-state index in [0.717, 1.165) is 58.7 Å². The lowest BCUT2D eigenvalue weighted by Gasteiger charge is -2.20. The van der Waals surface area contributed by atoms with Gasteiger partial charge in [-0.1, -0.05) is 37.1 Å². The summed E-state index contributed by atoms with van der Waals surface area (Å²) in [5.74, 6) is 0.381. The average molecular weight is 530 g/mol. The number of H-pyrrole nitrogens is 2. The Morgan fingerprint density at radius 2 is 1.80 bits per heavy atom. The normalized spacial score (nSPS) is 14.8. The van der Waals surface area contributed by atoms with Crippen molar-refractivity contribution in [2.45, 2.75) is 32.1 Å². The quantitative estimate of drug-likeness (QED) is 0.291. The third-order valence-corrected chi connectivity index (χ3v) is 7.48. The molecule has 8 nitrogen and oxygen atoms in total. The number of aromatic nitrogens is 6. The predicted molar refractivity (Wildman–Crippen MR) is 150 cm³/mol. The molecule has 9 heteroatoms. The molecule has 5 aromatic rings. The van der Waals surface area contributed by atoms with Gasteiger partial charge in [0, 0.05) is 40.2 Å². The molecule has 0 atom stereocenters. The van der Waals surface area contributed by atoms with Crippen LogP contribution in [-0.2, 0) is 4.79 Å². The van der Waals surface area contributed by atoms with Crippen LogP contribution in [0.25, 0.3) is 51.1 Å². The molecule has 0 bridgehead atoms. The number of amides is 1. The zero-order valence-corrected chi connectivity index (χ0v) is 21.5. The number of hydrogen-bond donors (Lipinski definition) is 3. The molecule has 2 aliphatic rings. The lowest BCUT2D eigenvalue weighted by Crippen LogP contribution is -2.25. The van der Waals surface area contributed by atoms with Crippen LogP contribution in [0.1, 0.15) is 37.7 Å². The number of imidazole rings is 1. The van der Waals surface area contributed by atoms with Gasteiger partial charge < -0.3 is 10.3 Å². The molecule has 1 saturated carbocycles. The number of hydrogen-bond acceptors (Lipinski definition) is 5. The molecule has 1 fully saturated rings. The molecule has 1 amide bonds. The molecule has 0 unspecified atom stereocenters. The Hall–Kier alpha value is -5.10. The van der Waals surface area contributed by atoms with Gasteiger partial charge in [-0.25, -0.2) is 9.37 Å². The zero-order chi connectivity index (χ0) is 27.1. The standard InChI is InChI=1S/C31H24FN7O/c32-22-9-6-18(7-10-22)25-16-34-17-27-28(25)37-30(36-27)29-24-13-20(8-11-26(24)38-39-29)21-12-23(15-33-14-21)35-31(40)19-4-2-1-3-5-19/h6-7,9-10,12-17,19H,1-5H2,(H,35,40)(H,36,37)(H,38,39). The molecule has 2 aliphatic carbocycles. The SMILES string of the molecule is O=C(Nc1cncc(C2=C=C=c3[nH]nc(-c4nc5c(-c6ccc(F)cc6)cncc5[nH]4)c3=C2)c1)C1CCCCC1. The Bertz CT molecular complexity index is 1970. The van der Waals surface area contributed by atoms with E-state index in [9.17, 15) is 9.18 Å². The summed E-state index contributed by atoms with van der Waals surface area (Å²) < 4.78 is 13.5. The van der Waals surface area contributed by atoms with E-state index in [2.05, 4.69) is 41.9 Å². The Morgan fingerprint density at radius 1 is 0.975 bits per heavy atom. The van der Waals surface area contributed by atoms with E-state index < -0.39 is 0 Å². The number of halogens is 1. The monoisotopic (exact) mass is 529 g/mol. The Kier molecular flexibility index (Phi) is 5.93. The summed E-state index contributed by atoms with van der Waals surface area (Å²) in [6.45, 7) is 0. The first-order valence-electron chi connectivity index (χ1n) is 13.3. The number of aromatic amines is 2. The number of fused-ring (bicyclic) bond motifs is 2. The average Bonchev–Trinajstić information content (AvgIpc) is 3.62.